The molecule has 0 aliphatic rings. The summed E-state index contributed by atoms with van der Waals surface area (Å²) in [5.41, 5.74) is 3.89. The van der Waals surface area contributed by atoms with Gasteiger partial charge in [0, 0.05) is 0 Å². The van der Waals surface area contributed by atoms with Gasteiger partial charge in [0.05, 0.1) is 0 Å². The first-order valence-electron chi connectivity index (χ1n) is 13.9. The van der Waals surface area contributed by atoms with Crippen molar-refractivity contribution in [3.63, 3.8) is 0 Å². The second-order valence-electron chi connectivity index (χ2n) is 10.4. The molecule has 0 aliphatic heterocycles. The van der Waals surface area contributed by atoms with Gasteiger partial charge in [-0.3, -0.25) is 0 Å². The maximum absolute atomic E-state index is 13.6. The van der Waals surface area contributed by atoms with Crippen LogP contribution in [0, 0.1) is 20.8 Å². The molecule has 0 unspecified atom stereocenters. The third-order valence-electron chi connectivity index (χ3n) is 7.69. The Labute approximate surface area is 255 Å². The molecule has 0 fully saturated rings. The number of benzene rings is 6. The second-order valence-corrected chi connectivity index (χ2v) is 13.1. The zero-order valence-corrected chi connectivity index (χ0v) is 26.3. The van der Waals surface area contributed by atoms with Gasteiger partial charge in [-0.1, -0.05) is 0 Å². The Hall–Kier alpha value is -4.85. The molecule has 0 bridgehead atoms. The van der Waals surface area contributed by atoms with E-state index in [0.717, 1.165) is 32.8 Å². The topological polar surface area (TPSA) is 78.9 Å². The number of fused-ring (bicyclic) bond motifs is 3. The van der Waals surface area contributed by atoms with E-state index >= 15 is 0 Å². The van der Waals surface area contributed by atoms with E-state index in [1.165, 1.54) is 0 Å². The number of aryl methyl sites for hydroxylation is 3. The van der Waals surface area contributed by atoms with Crippen molar-refractivity contribution in [2.24, 2.45) is 0 Å². The second kappa shape index (κ2) is 11.8. The molecule has 0 heterocycles. The van der Waals surface area contributed by atoms with Crippen LogP contribution in [0.15, 0.2) is 109 Å². The fourth-order valence-electron chi connectivity index (χ4n) is 5.46. The van der Waals surface area contributed by atoms with Crippen molar-refractivity contribution in [3.8, 4) is 0 Å². The van der Waals surface area contributed by atoms with E-state index in [1.54, 1.807) is 36.4 Å². The summed E-state index contributed by atoms with van der Waals surface area (Å²) in [6.45, 7) is 5.87. The van der Waals surface area contributed by atoms with Crippen LogP contribution in [-0.4, -0.2) is 35.2 Å². The van der Waals surface area contributed by atoms with Crippen molar-refractivity contribution in [2.75, 3.05) is 0 Å². The number of rotatable bonds is 6. The Morgan fingerprint density at radius 2 is 0.651 bits per heavy atom. The number of hydrogen-bond donors (Lipinski definition) is 0. The van der Waals surface area contributed by atoms with Crippen LogP contribution < -0.4 is 0 Å². The van der Waals surface area contributed by atoms with Crippen molar-refractivity contribution in [3.05, 3.63) is 143 Å². The summed E-state index contributed by atoms with van der Waals surface area (Å²) < 4.78 is 17.4. The van der Waals surface area contributed by atoms with Crippen LogP contribution in [0.25, 0.3) is 32.3 Å². The van der Waals surface area contributed by atoms with E-state index < -0.39 is 35.2 Å². The first kappa shape index (κ1) is 28.3. The van der Waals surface area contributed by atoms with E-state index in [2.05, 4.69) is 0 Å². The van der Waals surface area contributed by atoms with Gasteiger partial charge >= 0.3 is 256 Å². The summed E-state index contributed by atoms with van der Waals surface area (Å²) in [4.78, 5) is 40.7. The zero-order valence-electron chi connectivity index (χ0n) is 23.9. The number of hydrogen-bond acceptors (Lipinski definition) is 6. The molecule has 0 spiro atoms. The number of carbonyl (C=O) groups excluding carboxylic acids is 3. The molecule has 7 heteroatoms. The molecule has 6 aromatic rings. The van der Waals surface area contributed by atoms with E-state index in [4.69, 9.17) is 10.6 Å². The van der Waals surface area contributed by atoms with Crippen LogP contribution in [0.2, 0.25) is 0 Å². The molecule has 43 heavy (non-hydrogen) atoms. The Balaban J connectivity index is 1.36. The summed E-state index contributed by atoms with van der Waals surface area (Å²) >= 11 is -4.37. The van der Waals surface area contributed by atoms with Crippen molar-refractivity contribution in [2.45, 2.75) is 20.8 Å². The summed E-state index contributed by atoms with van der Waals surface area (Å²) in [5.74, 6) is -2.15. The maximum atomic E-state index is 13.6. The Morgan fingerprint density at radius 1 is 0.395 bits per heavy atom. The molecular weight excluding hydrogens is 598 g/mol. The fourth-order valence-corrected chi connectivity index (χ4v) is 7.66. The third-order valence-corrected chi connectivity index (χ3v) is 10.2. The van der Waals surface area contributed by atoms with Gasteiger partial charge in [-0.25, -0.2) is 0 Å². The molecule has 0 aromatic heterocycles. The summed E-state index contributed by atoms with van der Waals surface area (Å²) in [6.07, 6.45) is 0. The minimum atomic E-state index is -4.37. The van der Waals surface area contributed by atoms with E-state index in [0.29, 0.717) is 32.8 Å². The SMILES string of the molecule is Cc1cccc2c(C(=O)[O][Ga]([O]C(=O)c3cccc4c(C)cccc34)[O]C(=O)c3cccc4c(C)cccc34)cccc12. The Kier molecular flexibility index (Phi) is 7.76. The average molecular weight is 625 g/mol. The normalized spacial score (nSPS) is 11.0. The molecule has 6 nitrogen and oxygen atoms in total. The average Bonchev–Trinajstić information content (AvgIpc) is 3.01. The molecule has 210 valence electrons. The third kappa shape index (κ3) is 5.52. The van der Waals surface area contributed by atoms with Gasteiger partial charge in [-0.15, -0.1) is 0 Å². The minimum absolute atomic E-state index is 0.297. The van der Waals surface area contributed by atoms with Gasteiger partial charge in [-0.05, 0) is 0 Å². The molecule has 0 atom stereocenters. The standard InChI is InChI=1S/3C12H10O2.Ga/c3*1-8-4-2-6-10-9(8)5-3-7-11(10)12(13)14;/h3*2-7H,1H3,(H,13,14);/q;;;+3/p-3. The van der Waals surface area contributed by atoms with Gasteiger partial charge in [0.2, 0.25) is 0 Å². The van der Waals surface area contributed by atoms with Crippen molar-refractivity contribution >= 4 is 67.5 Å². The molecule has 6 rings (SSSR count). The van der Waals surface area contributed by atoms with Crippen molar-refractivity contribution in [1.29, 1.82) is 0 Å². The predicted octanol–water partition coefficient (Wildman–Crippen LogP) is 7.93. The molecule has 0 radical (unpaired) electrons. The predicted molar refractivity (Wildman–Crippen MR) is 168 cm³/mol. The van der Waals surface area contributed by atoms with E-state index in [1.807, 2.05) is 93.6 Å². The van der Waals surface area contributed by atoms with Crippen LogP contribution >= 0.6 is 0 Å². The van der Waals surface area contributed by atoms with Crippen LogP contribution in [0.4, 0.5) is 0 Å². The Morgan fingerprint density at radius 3 is 0.953 bits per heavy atom. The van der Waals surface area contributed by atoms with Gasteiger partial charge < -0.3 is 0 Å². The van der Waals surface area contributed by atoms with E-state index in [-0.39, 0.29) is 0 Å². The van der Waals surface area contributed by atoms with Crippen LogP contribution in [-0.2, 0) is 10.6 Å². The van der Waals surface area contributed by atoms with Gasteiger partial charge in [0.15, 0.2) is 0 Å². The molecule has 0 N–H and O–H groups in total. The molecule has 0 aliphatic carbocycles. The number of carbonyl (C=O) groups is 3. The van der Waals surface area contributed by atoms with Gasteiger partial charge in [-0.2, -0.15) is 0 Å². The van der Waals surface area contributed by atoms with Crippen molar-refractivity contribution in [1.82, 2.24) is 0 Å². The van der Waals surface area contributed by atoms with Crippen molar-refractivity contribution < 1.29 is 25.0 Å². The van der Waals surface area contributed by atoms with Crippen LogP contribution in [0.1, 0.15) is 47.8 Å². The fraction of sp³-hybridized carbons (Fsp3) is 0.0833. The van der Waals surface area contributed by atoms with E-state index in [9.17, 15) is 14.4 Å². The van der Waals surface area contributed by atoms with Gasteiger partial charge in [0.1, 0.15) is 0 Å². The molecule has 0 saturated carbocycles. The molecule has 0 saturated heterocycles. The molecular formula is C36H27GaO6. The molecule has 0 amide bonds. The first-order chi connectivity index (χ1) is 20.8. The van der Waals surface area contributed by atoms with Gasteiger partial charge in [0.25, 0.3) is 0 Å². The zero-order chi connectivity index (χ0) is 30.1. The monoisotopic (exact) mass is 624 g/mol. The van der Waals surface area contributed by atoms with Crippen LogP contribution in [0.3, 0.4) is 0 Å². The first-order valence-corrected chi connectivity index (χ1v) is 16.9. The van der Waals surface area contributed by atoms with Crippen LogP contribution in [0.5, 0.6) is 0 Å². The summed E-state index contributed by atoms with van der Waals surface area (Å²) in [6, 6.07) is 32.9. The quantitative estimate of drug-likeness (QED) is 0.175. The Bertz CT molecular complexity index is 1830. The molecule has 6 aromatic carbocycles. The summed E-state index contributed by atoms with van der Waals surface area (Å²) in [5, 5.41) is 4.77. The summed E-state index contributed by atoms with van der Waals surface area (Å²) in [7, 11) is 0.